The fraction of sp³-hybridized carbons (Fsp3) is 0.455. The van der Waals surface area contributed by atoms with Gasteiger partial charge in [-0.25, -0.2) is 0 Å². The molecular weight excluding hydrogens is 192 g/mol. The average Bonchev–Trinajstić information content (AvgIpc) is 2.40. The first-order valence-electron chi connectivity index (χ1n) is 5.03. The normalized spacial score (nSPS) is 14.7. The van der Waals surface area contributed by atoms with Gasteiger partial charge in [-0.2, -0.15) is 0 Å². The molecule has 2 rings (SSSR count). The van der Waals surface area contributed by atoms with Gasteiger partial charge in [-0.15, -0.1) is 0 Å². The summed E-state index contributed by atoms with van der Waals surface area (Å²) in [6.07, 6.45) is 0. The third-order valence-corrected chi connectivity index (χ3v) is 2.95. The topological polar surface area (TPSA) is 51.1 Å². The van der Waals surface area contributed by atoms with Gasteiger partial charge < -0.3 is 9.88 Å². The Morgan fingerprint density at radius 1 is 1.40 bits per heavy atom. The number of nitrogens with zero attached hydrogens (tertiary/aromatic N) is 1. The summed E-state index contributed by atoms with van der Waals surface area (Å²) in [6, 6.07) is 0. The Morgan fingerprint density at radius 3 is 2.60 bits per heavy atom. The van der Waals surface area contributed by atoms with Crippen LogP contribution in [0.4, 0.5) is 0 Å². The molecule has 0 fully saturated rings. The summed E-state index contributed by atoms with van der Waals surface area (Å²) >= 11 is 0. The first kappa shape index (κ1) is 9.96. The quantitative estimate of drug-likeness (QED) is 0.698. The van der Waals surface area contributed by atoms with Crippen LogP contribution >= 0.6 is 0 Å². The standard InChI is InChI=1S/C11H14N2O2/c1-6-9(8(3)14)7(2)13-5-4-12-11(15)10(6)13/h4-5H2,1-3H3,(H,12,15). The van der Waals surface area contributed by atoms with E-state index in [-0.39, 0.29) is 11.7 Å². The molecule has 0 aromatic carbocycles. The zero-order chi connectivity index (χ0) is 11.2. The highest BCUT2D eigenvalue weighted by Gasteiger charge is 2.26. The molecule has 4 nitrogen and oxygen atoms in total. The van der Waals surface area contributed by atoms with Gasteiger partial charge in [0.25, 0.3) is 5.91 Å². The number of ketones is 1. The van der Waals surface area contributed by atoms with Crippen LogP contribution in [-0.2, 0) is 6.54 Å². The monoisotopic (exact) mass is 206 g/mol. The van der Waals surface area contributed by atoms with Crippen molar-refractivity contribution in [2.75, 3.05) is 6.54 Å². The van der Waals surface area contributed by atoms with Crippen molar-refractivity contribution in [3.63, 3.8) is 0 Å². The number of nitrogens with one attached hydrogen (secondary N) is 1. The van der Waals surface area contributed by atoms with Crippen molar-refractivity contribution >= 4 is 11.7 Å². The molecule has 4 heteroatoms. The van der Waals surface area contributed by atoms with Crippen molar-refractivity contribution in [2.45, 2.75) is 27.3 Å². The molecule has 1 amide bonds. The molecule has 0 bridgehead atoms. The first-order valence-corrected chi connectivity index (χ1v) is 5.03. The van der Waals surface area contributed by atoms with Crippen LogP contribution in [0, 0.1) is 13.8 Å². The largest absolute Gasteiger partial charge is 0.349 e. The van der Waals surface area contributed by atoms with Crippen LogP contribution < -0.4 is 5.32 Å². The number of Topliss-reactive ketones (excluding diaryl/α,β-unsaturated/α-hetero) is 1. The number of rotatable bonds is 1. The van der Waals surface area contributed by atoms with Crippen LogP contribution in [-0.4, -0.2) is 22.8 Å². The minimum atomic E-state index is -0.0747. The molecule has 1 aliphatic heterocycles. The molecule has 1 N–H and O–H groups in total. The number of fused-ring (bicyclic) bond motifs is 1. The van der Waals surface area contributed by atoms with E-state index >= 15 is 0 Å². The molecule has 1 aromatic heterocycles. The van der Waals surface area contributed by atoms with Gasteiger partial charge in [-0.3, -0.25) is 9.59 Å². The van der Waals surface area contributed by atoms with Crippen LogP contribution in [0.25, 0.3) is 0 Å². The van der Waals surface area contributed by atoms with Gasteiger partial charge in [-0.05, 0) is 26.3 Å². The predicted molar refractivity (Wildman–Crippen MR) is 56.2 cm³/mol. The molecule has 15 heavy (non-hydrogen) atoms. The zero-order valence-corrected chi connectivity index (χ0v) is 9.18. The van der Waals surface area contributed by atoms with Crippen LogP contribution in [0.2, 0.25) is 0 Å². The third-order valence-electron chi connectivity index (χ3n) is 2.95. The van der Waals surface area contributed by atoms with Crippen LogP contribution in [0.5, 0.6) is 0 Å². The minimum absolute atomic E-state index is 0.0275. The molecule has 0 unspecified atom stereocenters. The lowest BCUT2D eigenvalue weighted by Crippen LogP contribution is -2.35. The smallest absolute Gasteiger partial charge is 0.268 e. The van der Waals surface area contributed by atoms with Crippen molar-refractivity contribution in [1.82, 2.24) is 9.88 Å². The molecule has 0 radical (unpaired) electrons. The molecule has 1 aliphatic rings. The second kappa shape index (κ2) is 3.22. The lowest BCUT2D eigenvalue weighted by Gasteiger charge is -2.17. The maximum atomic E-state index is 11.7. The summed E-state index contributed by atoms with van der Waals surface area (Å²) in [5.41, 5.74) is 3.05. The van der Waals surface area contributed by atoms with Gasteiger partial charge in [0.1, 0.15) is 5.69 Å². The summed E-state index contributed by atoms with van der Waals surface area (Å²) in [7, 11) is 0. The SMILES string of the molecule is CC(=O)c1c(C)c2n(c1C)CCNC2=O. The van der Waals surface area contributed by atoms with Crippen molar-refractivity contribution < 1.29 is 9.59 Å². The van der Waals surface area contributed by atoms with Crippen LogP contribution in [0.3, 0.4) is 0 Å². The van der Waals surface area contributed by atoms with Gasteiger partial charge in [0.05, 0.1) is 0 Å². The highest BCUT2D eigenvalue weighted by Crippen LogP contribution is 2.24. The molecular formula is C11H14N2O2. The summed E-state index contributed by atoms with van der Waals surface area (Å²) in [4.78, 5) is 23.1. The van der Waals surface area contributed by atoms with E-state index in [4.69, 9.17) is 0 Å². The average molecular weight is 206 g/mol. The van der Waals surface area contributed by atoms with Crippen molar-refractivity contribution in [1.29, 1.82) is 0 Å². The lowest BCUT2D eigenvalue weighted by molar-refractivity contribution is 0.0926. The van der Waals surface area contributed by atoms with Crippen LogP contribution in [0.15, 0.2) is 0 Å². The molecule has 0 atom stereocenters. The van der Waals surface area contributed by atoms with E-state index in [0.29, 0.717) is 17.8 Å². The maximum absolute atomic E-state index is 11.7. The van der Waals surface area contributed by atoms with E-state index in [2.05, 4.69) is 5.32 Å². The Morgan fingerprint density at radius 2 is 2.07 bits per heavy atom. The van der Waals surface area contributed by atoms with Crippen molar-refractivity contribution in [3.8, 4) is 0 Å². The Kier molecular flexibility index (Phi) is 2.14. The fourth-order valence-electron chi connectivity index (χ4n) is 2.35. The highest BCUT2D eigenvalue weighted by atomic mass is 16.2. The molecule has 0 aliphatic carbocycles. The number of amides is 1. The Balaban J connectivity index is 2.72. The van der Waals surface area contributed by atoms with E-state index in [1.165, 1.54) is 0 Å². The molecule has 1 aromatic rings. The Labute approximate surface area is 88.3 Å². The predicted octanol–water partition coefficient (Wildman–Crippen LogP) is 1.05. The van der Waals surface area contributed by atoms with Gasteiger partial charge in [-0.1, -0.05) is 0 Å². The third kappa shape index (κ3) is 1.28. The first-order chi connectivity index (χ1) is 7.04. The minimum Gasteiger partial charge on any atom is -0.349 e. The highest BCUT2D eigenvalue weighted by molar-refractivity contribution is 6.03. The van der Waals surface area contributed by atoms with Crippen molar-refractivity contribution in [2.24, 2.45) is 0 Å². The van der Waals surface area contributed by atoms with E-state index < -0.39 is 0 Å². The number of carbonyl (C=O) groups is 2. The van der Waals surface area contributed by atoms with E-state index in [1.807, 2.05) is 18.4 Å². The van der Waals surface area contributed by atoms with Crippen LogP contribution in [0.1, 0.15) is 39.0 Å². The lowest BCUT2D eigenvalue weighted by atomic mass is 10.1. The van der Waals surface area contributed by atoms with Gasteiger partial charge in [0.15, 0.2) is 5.78 Å². The molecule has 0 spiro atoms. The molecule has 80 valence electrons. The molecule has 0 saturated heterocycles. The molecule has 2 heterocycles. The Hall–Kier alpha value is -1.58. The maximum Gasteiger partial charge on any atom is 0.268 e. The summed E-state index contributed by atoms with van der Waals surface area (Å²) < 4.78 is 1.94. The second-order valence-corrected chi connectivity index (χ2v) is 3.90. The Bertz CT molecular complexity index is 458. The van der Waals surface area contributed by atoms with Gasteiger partial charge in [0.2, 0.25) is 0 Å². The fourth-order valence-corrected chi connectivity index (χ4v) is 2.35. The molecule has 0 saturated carbocycles. The second-order valence-electron chi connectivity index (χ2n) is 3.90. The zero-order valence-electron chi connectivity index (χ0n) is 9.18. The number of hydrogen-bond donors (Lipinski definition) is 1. The van der Waals surface area contributed by atoms with Gasteiger partial charge in [0, 0.05) is 24.3 Å². The summed E-state index contributed by atoms with van der Waals surface area (Å²) in [6.45, 7) is 6.66. The number of carbonyl (C=O) groups excluding carboxylic acids is 2. The van der Waals surface area contributed by atoms with Crippen molar-refractivity contribution in [3.05, 3.63) is 22.5 Å². The summed E-state index contributed by atoms with van der Waals surface area (Å²) in [5.74, 6) is -0.0472. The van der Waals surface area contributed by atoms with Gasteiger partial charge >= 0.3 is 0 Å². The van der Waals surface area contributed by atoms with E-state index in [9.17, 15) is 9.59 Å². The number of aromatic nitrogens is 1. The number of hydrogen-bond acceptors (Lipinski definition) is 2. The summed E-state index contributed by atoms with van der Waals surface area (Å²) in [5, 5.41) is 2.79. The van der Waals surface area contributed by atoms with E-state index in [1.54, 1.807) is 6.92 Å². The van der Waals surface area contributed by atoms with E-state index in [0.717, 1.165) is 17.8 Å².